The third-order valence-electron chi connectivity index (χ3n) is 5.89. The highest BCUT2D eigenvalue weighted by atomic mass is 19.1. The largest absolute Gasteiger partial charge is 0.494 e. The molecule has 0 aliphatic heterocycles. The first-order valence-corrected chi connectivity index (χ1v) is 10.9. The molecule has 4 aromatic rings. The molecule has 0 fully saturated rings. The molecule has 0 bridgehead atoms. The number of carbonyl (C=O) groups excluding carboxylic acids is 1. The Balaban J connectivity index is 1.68. The Labute approximate surface area is 197 Å². The summed E-state index contributed by atoms with van der Waals surface area (Å²) in [5, 5.41) is 5.48. The molecule has 4 rings (SSSR count). The third-order valence-corrected chi connectivity index (χ3v) is 5.89. The van der Waals surface area contributed by atoms with Gasteiger partial charge in [0.25, 0.3) is 0 Å². The molecule has 1 N–H and O–H groups in total. The summed E-state index contributed by atoms with van der Waals surface area (Å²) in [5.74, 6) is -1.54. The van der Waals surface area contributed by atoms with Crippen molar-refractivity contribution in [2.45, 2.75) is 19.5 Å². The number of rotatable bonds is 7. The maximum atomic E-state index is 14.2. The lowest BCUT2D eigenvalue weighted by atomic mass is 9.94. The first-order valence-electron chi connectivity index (χ1n) is 10.9. The van der Waals surface area contributed by atoms with Crippen molar-refractivity contribution in [3.63, 3.8) is 0 Å². The zero-order valence-corrected chi connectivity index (χ0v) is 19.2. The second kappa shape index (κ2) is 10.0. The molecule has 34 heavy (non-hydrogen) atoms. The van der Waals surface area contributed by atoms with Gasteiger partial charge in [-0.2, -0.15) is 0 Å². The fourth-order valence-corrected chi connectivity index (χ4v) is 4.01. The maximum absolute atomic E-state index is 14.2. The predicted molar refractivity (Wildman–Crippen MR) is 129 cm³/mol. The van der Waals surface area contributed by atoms with Crippen LogP contribution >= 0.6 is 0 Å². The summed E-state index contributed by atoms with van der Waals surface area (Å²) in [6.07, 6.45) is 0. The minimum atomic E-state index is -0.718. The van der Waals surface area contributed by atoms with Crippen molar-refractivity contribution in [2.24, 2.45) is 0 Å². The number of halogens is 2. The average Bonchev–Trinajstić information content (AvgIpc) is 2.86. The van der Waals surface area contributed by atoms with Crippen LogP contribution in [0.3, 0.4) is 0 Å². The molecular formula is C28H25F2NO3. The van der Waals surface area contributed by atoms with Gasteiger partial charge in [-0.3, -0.25) is 0 Å². The number of benzene rings is 4. The van der Waals surface area contributed by atoms with Gasteiger partial charge in [0, 0.05) is 12.6 Å². The molecule has 4 nitrogen and oxygen atoms in total. The Bertz CT molecular complexity index is 1350. The third kappa shape index (κ3) is 4.77. The molecule has 0 heterocycles. The normalized spacial score (nSPS) is 11.9. The molecular weight excluding hydrogens is 436 g/mol. The number of hydrogen-bond donors (Lipinski definition) is 1. The van der Waals surface area contributed by atoms with Crippen molar-refractivity contribution in [3.8, 4) is 16.9 Å². The van der Waals surface area contributed by atoms with E-state index in [4.69, 9.17) is 9.47 Å². The minimum absolute atomic E-state index is 0.0545. The molecule has 6 heteroatoms. The summed E-state index contributed by atoms with van der Waals surface area (Å²) in [5.41, 5.74) is 3.41. The number of fused-ring (bicyclic) bond motifs is 1. The van der Waals surface area contributed by atoms with Gasteiger partial charge < -0.3 is 14.8 Å². The zero-order chi connectivity index (χ0) is 24.2. The van der Waals surface area contributed by atoms with E-state index in [1.807, 2.05) is 37.3 Å². The molecule has 174 valence electrons. The van der Waals surface area contributed by atoms with Crippen LogP contribution in [-0.2, 0) is 11.3 Å². The van der Waals surface area contributed by atoms with Gasteiger partial charge in [0.05, 0.1) is 19.8 Å². The second-order valence-corrected chi connectivity index (χ2v) is 8.05. The quantitative estimate of drug-likeness (QED) is 0.322. The van der Waals surface area contributed by atoms with E-state index in [-0.39, 0.29) is 17.4 Å². The van der Waals surface area contributed by atoms with Crippen molar-refractivity contribution in [1.82, 2.24) is 5.32 Å². The lowest BCUT2D eigenvalue weighted by Crippen LogP contribution is -2.18. The van der Waals surface area contributed by atoms with Gasteiger partial charge in [0.1, 0.15) is 5.82 Å². The van der Waals surface area contributed by atoms with E-state index in [1.165, 1.54) is 32.4 Å². The molecule has 0 unspecified atom stereocenters. The van der Waals surface area contributed by atoms with E-state index in [9.17, 15) is 13.6 Å². The molecule has 0 radical (unpaired) electrons. The van der Waals surface area contributed by atoms with Gasteiger partial charge in [-0.15, -0.1) is 0 Å². The van der Waals surface area contributed by atoms with Crippen LogP contribution in [0.15, 0.2) is 72.8 Å². The number of esters is 1. The Morgan fingerprint density at radius 3 is 2.47 bits per heavy atom. The average molecular weight is 462 g/mol. The van der Waals surface area contributed by atoms with E-state index < -0.39 is 17.6 Å². The van der Waals surface area contributed by atoms with Crippen molar-refractivity contribution in [3.05, 3.63) is 101 Å². The summed E-state index contributed by atoms with van der Waals surface area (Å²) in [6.45, 7) is 2.54. The highest BCUT2D eigenvalue weighted by molar-refractivity contribution is 5.99. The summed E-state index contributed by atoms with van der Waals surface area (Å²) in [7, 11) is 2.67. The van der Waals surface area contributed by atoms with Crippen molar-refractivity contribution < 1.29 is 23.0 Å². The Morgan fingerprint density at radius 1 is 0.941 bits per heavy atom. The zero-order valence-electron chi connectivity index (χ0n) is 19.2. The van der Waals surface area contributed by atoms with Crippen molar-refractivity contribution >= 4 is 16.7 Å². The molecule has 0 aliphatic rings. The smallest absolute Gasteiger partial charge is 0.340 e. The standard InChI is InChI=1S/C28H25F2NO3/c1-17(19-8-11-26(30)27(15-19)33-2)31-16-18-12-20-6-4-5-7-22(20)23(13-18)21-9-10-25(29)24(14-21)28(32)34-3/h4-15,17,31H,16H2,1-3H3/t17-/m1/s1. The van der Waals surface area contributed by atoms with E-state index >= 15 is 0 Å². The van der Waals surface area contributed by atoms with Crippen LogP contribution in [0.2, 0.25) is 0 Å². The fraction of sp³-hybridized carbons (Fsp3) is 0.179. The lowest BCUT2D eigenvalue weighted by molar-refractivity contribution is 0.0595. The van der Waals surface area contributed by atoms with Crippen LogP contribution < -0.4 is 10.1 Å². The highest BCUT2D eigenvalue weighted by Gasteiger charge is 2.16. The second-order valence-electron chi connectivity index (χ2n) is 8.05. The molecule has 4 aromatic carbocycles. The molecule has 0 amide bonds. The molecule has 1 atom stereocenters. The molecule has 0 aromatic heterocycles. The van der Waals surface area contributed by atoms with E-state index in [1.54, 1.807) is 18.2 Å². The van der Waals surface area contributed by atoms with E-state index in [0.29, 0.717) is 6.54 Å². The van der Waals surface area contributed by atoms with Crippen LogP contribution in [-0.4, -0.2) is 20.2 Å². The monoisotopic (exact) mass is 461 g/mol. The van der Waals surface area contributed by atoms with Gasteiger partial charge in [0.2, 0.25) is 0 Å². The molecule has 0 saturated heterocycles. The highest BCUT2D eigenvalue weighted by Crippen LogP contribution is 2.32. The van der Waals surface area contributed by atoms with Gasteiger partial charge in [-0.1, -0.05) is 36.4 Å². The molecule has 0 saturated carbocycles. The summed E-state index contributed by atoms with van der Waals surface area (Å²) >= 11 is 0. The Morgan fingerprint density at radius 2 is 1.71 bits per heavy atom. The van der Waals surface area contributed by atoms with Gasteiger partial charge in [-0.25, -0.2) is 13.6 Å². The number of ether oxygens (including phenoxy) is 2. The predicted octanol–water partition coefficient (Wildman–Crippen LogP) is 6.43. The Hall–Kier alpha value is -3.77. The first kappa shape index (κ1) is 23.4. The summed E-state index contributed by atoms with van der Waals surface area (Å²) < 4.78 is 37.8. The van der Waals surface area contributed by atoms with Crippen LogP contribution in [0.5, 0.6) is 5.75 Å². The minimum Gasteiger partial charge on any atom is -0.494 e. The van der Waals surface area contributed by atoms with Crippen LogP contribution in [0, 0.1) is 11.6 Å². The lowest BCUT2D eigenvalue weighted by Gasteiger charge is -2.17. The number of methoxy groups -OCH3 is 2. The summed E-state index contributed by atoms with van der Waals surface area (Å²) in [4.78, 5) is 12.0. The van der Waals surface area contributed by atoms with Crippen molar-refractivity contribution in [2.75, 3.05) is 14.2 Å². The van der Waals surface area contributed by atoms with Gasteiger partial charge >= 0.3 is 5.97 Å². The Kier molecular flexibility index (Phi) is 6.89. The van der Waals surface area contributed by atoms with Crippen LogP contribution in [0.4, 0.5) is 8.78 Å². The first-order chi connectivity index (χ1) is 16.4. The van der Waals surface area contributed by atoms with Gasteiger partial charge in [-0.05, 0) is 76.3 Å². The fourth-order valence-electron chi connectivity index (χ4n) is 4.01. The van der Waals surface area contributed by atoms with Gasteiger partial charge in [0.15, 0.2) is 11.6 Å². The molecule has 0 aliphatic carbocycles. The summed E-state index contributed by atoms with van der Waals surface area (Å²) in [6, 6.07) is 21.3. The maximum Gasteiger partial charge on any atom is 0.340 e. The number of nitrogens with one attached hydrogen (secondary N) is 1. The topological polar surface area (TPSA) is 47.6 Å². The number of carbonyl (C=O) groups is 1. The molecule has 0 spiro atoms. The van der Waals surface area contributed by atoms with E-state index in [0.717, 1.165) is 33.0 Å². The SMILES string of the molecule is COC(=O)c1cc(-c2cc(CN[C@H](C)c3ccc(F)c(OC)c3)cc3ccccc23)ccc1F. The van der Waals surface area contributed by atoms with Crippen LogP contribution in [0.1, 0.15) is 34.5 Å². The number of hydrogen-bond acceptors (Lipinski definition) is 4. The van der Waals surface area contributed by atoms with Crippen LogP contribution in [0.25, 0.3) is 21.9 Å². The van der Waals surface area contributed by atoms with E-state index in [2.05, 4.69) is 11.4 Å². The van der Waals surface area contributed by atoms with Crippen molar-refractivity contribution in [1.29, 1.82) is 0 Å².